The van der Waals surface area contributed by atoms with Gasteiger partial charge in [0.1, 0.15) is 0 Å². The first-order valence-corrected chi connectivity index (χ1v) is 5.29. The van der Waals surface area contributed by atoms with E-state index in [1.807, 2.05) is 0 Å². The molecule has 1 rings (SSSR count). The second-order valence-electron chi connectivity index (χ2n) is 4.06. The molecule has 1 aliphatic carbocycles. The summed E-state index contributed by atoms with van der Waals surface area (Å²) in [6.07, 6.45) is 5.62. The molecule has 0 saturated heterocycles. The maximum atomic E-state index is 2.67. The van der Waals surface area contributed by atoms with E-state index in [0.29, 0.717) is 8.84 Å². The van der Waals surface area contributed by atoms with E-state index in [1.165, 1.54) is 25.7 Å². The third kappa shape index (κ3) is 1.21. The van der Waals surface area contributed by atoms with E-state index in [9.17, 15) is 0 Å². The minimum Gasteiger partial charge on any atom is -0.0783 e. The average molecular weight is 252 g/mol. The summed E-state index contributed by atoms with van der Waals surface area (Å²) in [7, 11) is 0. The monoisotopic (exact) mass is 252 g/mol. The number of hydrogen-bond donors (Lipinski definition) is 0. The summed E-state index contributed by atoms with van der Waals surface area (Å²) in [4.78, 5) is 0. The molecule has 1 saturated carbocycles. The molecule has 0 heterocycles. The Morgan fingerprint density at radius 3 is 2.10 bits per heavy atom. The van der Waals surface area contributed by atoms with Crippen molar-refractivity contribution in [3.05, 3.63) is 0 Å². The highest BCUT2D eigenvalue weighted by Gasteiger charge is 2.44. The predicted octanol–water partition coefficient (Wildman–Crippen LogP) is 3.78. The Labute approximate surface area is 77.9 Å². The normalized spacial score (nSPS) is 38.4. The van der Waals surface area contributed by atoms with E-state index in [4.69, 9.17) is 0 Å². The molecular formula is C9H17I. The molecule has 1 unspecified atom stereocenters. The van der Waals surface area contributed by atoms with Crippen LogP contribution >= 0.6 is 22.6 Å². The van der Waals surface area contributed by atoms with E-state index < -0.39 is 0 Å². The first-order valence-electron chi connectivity index (χ1n) is 4.21. The highest BCUT2D eigenvalue weighted by Crippen LogP contribution is 2.53. The van der Waals surface area contributed by atoms with Gasteiger partial charge in [-0.1, -0.05) is 49.8 Å². The molecule has 0 radical (unpaired) electrons. The maximum Gasteiger partial charge on any atom is 0.0270 e. The zero-order chi connectivity index (χ0) is 7.83. The molecule has 0 aromatic rings. The summed E-state index contributed by atoms with van der Waals surface area (Å²) < 4.78 is 0.602. The van der Waals surface area contributed by atoms with Gasteiger partial charge >= 0.3 is 0 Å². The van der Waals surface area contributed by atoms with Gasteiger partial charge in [-0.25, -0.2) is 0 Å². The van der Waals surface area contributed by atoms with Crippen LogP contribution in [0.25, 0.3) is 0 Å². The predicted molar refractivity (Wildman–Crippen MR) is 54.7 cm³/mol. The average Bonchev–Trinajstić information content (AvgIpc) is 2.10. The number of alkyl halides is 1. The highest BCUT2D eigenvalue weighted by molar-refractivity contribution is 14.1. The summed E-state index contributed by atoms with van der Waals surface area (Å²) in [6.45, 7) is 7.14. The first-order chi connectivity index (χ1) is 4.52. The second kappa shape index (κ2) is 2.65. The van der Waals surface area contributed by atoms with Gasteiger partial charge in [-0.15, -0.1) is 0 Å². The van der Waals surface area contributed by atoms with E-state index in [2.05, 4.69) is 43.4 Å². The van der Waals surface area contributed by atoms with Crippen LogP contribution in [0.15, 0.2) is 0 Å². The zero-order valence-electron chi connectivity index (χ0n) is 7.21. The molecule has 0 aromatic heterocycles. The van der Waals surface area contributed by atoms with E-state index in [-0.39, 0.29) is 0 Å². The fourth-order valence-electron chi connectivity index (χ4n) is 2.03. The molecule has 0 aliphatic heterocycles. The Kier molecular flexibility index (Phi) is 2.34. The van der Waals surface area contributed by atoms with Crippen LogP contribution in [0.2, 0.25) is 0 Å². The van der Waals surface area contributed by atoms with Crippen LogP contribution in [0.1, 0.15) is 46.5 Å². The van der Waals surface area contributed by atoms with Crippen molar-refractivity contribution < 1.29 is 0 Å². The van der Waals surface area contributed by atoms with Crippen molar-refractivity contribution in [1.29, 1.82) is 0 Å². The van der Waals surface area contributed by atoms with Crippen LogP contribution in [0.5, 0.6) is 0 Å². The summed E-state index contributed by atoms with van der Waals surface area (Å²) in [5.74, 6) is 0. The fraction of sp³-hybridized carbons (Fsp3) is 1.00. The molecule has 0 aromatic carbocycles. The second-order valence-corrected chi connectivity index (χ2v) is 6.12. The molecular weight excluding hydrogens is 235 g/mol. The van der Waals surface area contributed by atoms with Crippen molar-refractivity contribution in [1.82, 2.24) is 0 Å². The molecule has 1 fully saturated rings. The Balaban J connectivity index is 2.76. The Bertz CT molecular complexity index is 129. The number of halogens is 1. The SMILES string of the molecule is CCC1(I)CCCC1(C)C. The molecule has 0 spiro atoms. The van der Waals surface area contributed by atoms with Crippen LogP contribution < -0.4 is 0 Å². The largest absolute Gasteiger partial charge is 0.0783 e. The summed E-state index contributed by atoms with van der Waals surface area (Å²) in [5, 5.41) is 0. The van der Waals surface area contributed by atoms with E-state index in [0.717, 1.165) is 0 Å². The van der Waals surface area contributed by atoms with Gasteiger partial charge in [0, 0.05) is 3.42 Å². The van der Waals surface area contributed by atoms with E-state index >= 15 is 0 Å². The third-order valence-electron chi connectivity index (χ3n) is 3.15. The molecule has 0 N–H and O–H groups in total. The van der Waals surface area contributed by atoms with Crippen LogP contribution in [0.3, 0.4) is 0 Å². The smallest absolute Gasteiger partial charge is 0.0270 e. The lowest BCUT2D eigenvalue weighted by Gasteiger charge is -2.35. The number of rotatable bonds is 1. The molecule has 10 heavy (non-hydrogen) atoms. The van der Waals surface area contributed by atoms with Crippen LogP contribution in [-0.4, -0.2) is 3.42 Å². The van der Waals surface area contributed by atoms with E-state index in [1.54, 1.807) is 0 Å². The minimum absolute atomic E-state index is 0.586. The summed E-state index contributed by atoms with van der Waals surface area (Å²) >= 11 is 2.67. The standard InChI is InChI=1S/C9H17I/c1-4-9(10)7-5-6-8(9,2)3/h4-7H2,1-3H3. The fourth-order valence-corrected chi connectivity index (χ4v) is 2.68. The van der Waals surface area contributed by atoms with Gasteiger partial charge in [0.15, 0.2) is 0 Å². The number of hydrogen-bond acceptors (Lipinski definition) is 0. The molecule has 0 bridgehead atoms. The molecule has 0 amide bonds. The van der Waals surface area contributed by atoms with Gasteiger partial charge in [0.05, 0.1) is 0 Å². The first kappa shape index (κ1) is 8.82. The van der Waals surface area contributed by atoms with Crippen molar-refractivity contribution in [2.75, 3.05) is 0 Å². The molecule has 1 heteroatoms. The van der Waals surface area contributed by atoms with Gasteiger partial charge in [-0.05, 0) is 24.7 Å². The van der Waals surface area contributed by atoms with Gasteiger partial charge in [-0.2, -0.15) is 0 Å². The van der Waals surface area contributed by atoms with Gasteiger partial charge in [0.25, 0.3) is 0 Å². The quantitative estimate of drug-likeness (QED) is 0.492. The Morgan fingerprint density at radius 2 is 1.90 bits per heavy atom. The van der Waals surface area contributed by atoms with Gasteiger partial charge in [-0.3, -0.25) is 0 Å². The summed E-state index contributed by atoms with van der Waals surface area (Å²) in [6, 6.07) is 0. The Morgan fingerprint density at radius 1 is 1.30 bits per heavy atom. The van der Waals surface area contributed by atoms with Crippen LogP contribution in [0, 0.1) is 5.41 Å². The lowest BCUT2D eigenvalue weighted by molar-refractivity contribution is 0.305. The van der Waals surface area contributed by atoms with Crippen molar-refractivity contribution in [2.45, 2.75) is 49.9 Å². The lowest BCUT2D eigenvalue weighted by Crippen LogP contribution is -2.32. The van der Waals surface area contributed by atoms with Crippen molar-refractivity contribution in [3.8, 4) is 0 Å². The third-order valence-corrected chi connectivity index (χ3v) is 5.91. The molecule has 0 nitrogen and oxygen atoms in total. The molecule has 1 atom stereocenters. The Hall–Kier alpha value is 0.730. The zero-order valence-corrected chi connectivity index (χ0v) is 9.36. The topological polar surface area (TPSA) is 0 Å². The van der Waals surface area contributed by atoms with Crippen molar-refractivity contribution in [3.63, 3.8) is 0 Å². The van der Waals surface area contributed by atoms with Gasteiger partial charge < -0.3 is 0 Å². The van der Waals surface area contributed by atoms with Crippen molar-refractivity contribution >= 4 is 22.6 Å². The molecule has 60 valence electrons. The lowest BCUT2D eigenvalue weighted by atomic mass is 9.80. The van der Waals surface area contributed by atoms with Crippen LogP contribution in [0.4, 0.5) is 0 Å². The summed E-state index contributed by atoms with van der Waals surface area (Å²) in [5.41, 5.74) is 0.586. The van der Waals surface area contributed by atoms with Crippen LogP contribution in [-0.2, 0) is 0 Å². The van der Waals surface area contributed by atoms with Crippen molar-refractivity contribution in [2.24, 2.45) is 5.41 Å². The highest BCUT2D eigenvalue weighted by atomic mass is 127. The molecule has 1 aliphatic rings. The van der Waals surface area contributed by atoms with Gasteiger partial charge in [0.2, 0.25) is 0 Å². The minimum atomic E-state index is 0.586. The maximum absolute atomic E-state index is 2.67.